The first kappa shape index (κ1) is 20.6. The van der Waals surface area contributed by atoms with Crippen LogP contribution in [0.25, 0.3) is 0 Å². The fourth-order valence-corrected chi connectivity index (χ4v) is 4.11. The smallest absolute Gasteiger partial charge is 0.285 e. The molecule has 0 radical (unpaired) electrons. The summed E-state index contributed by atoms with van der Waals surface area (Å²) in [7, 11) is 3.22. The van der Waals surface area contributed by atoms with E-state index in [4.69, 9.17) is 9.47 Å². The average Bonchev–Trinajstić information content (AvgIpc) is 2.79. The average molecular weight is 421 g/mol. The molecule has 0 saturated carbocycles. The molecule has 0 spiro atoms. The Morgan fingerprint density at radius 1 is 1.06 bits per heavy atom. The zero-order chi connectivity index (χ0) is 22.0. The highest BCUT2D eigenvalue weighted by atomic mass is 16.6. The van der Waals surface area contributed by atoms with Crippen LogP contribution in [-0.4, -0.2) is 35.2 Å². The molecule has 8 nitrogen and oxygen atoms in total. The van der Waals surface area contributed by atoms with Gasteiger partial charge < -0.3 is 9.47 Å². The number of ether oxygens (including phenoxy) is 2. The van der Waals surface area contributed by atoms with E-state index in [-0.39, 0.29) is 24.0 Å². The van der Waals surface area contributed by atoms with Crippen molar-refractivity contribution in [1.29, 1.82) is 0 Å². The van der Waals surface area contributed by atoms with E-state index in [2.05, 4.69) is 4.90 Å². The quantitative estimate of drug-likeness (QED) is 0.448. The molecule has 0 amide bonds. The number of benzene rings is 2. The lowest BCUT2D eigenvalue weighted by Gasteiger charge is -2.38. The largest absolute Gasteiger partial charge is 0.493 e. The third-order valence-corrected chi connectivity index (χ3v) is 5.60. The summed E-state index contributed by atoms with van der Waals surface area (Å²) in [4.78, 5) is 25.3. The van der Waals surface area contributed by atoms with Crippen molar-refractivity contribution in [2.24, 2.45) is 0 Å². The second kappa shape index (κ2) is 8.61. The first-order chi connectivity index (χ1) is 15.0. The van der Waals surface area contributed by atoms with Crippen molar-refractivity contribution in [2.45, 2.75) is 19.1 Å². The van der Waals surface area contributed by atoms with Gasteiger partial charge in [-0.15, -0.1) is 0 Å². The lowest BCUT2D eigenvalue weighted by atomic mass is 9.88. The number of fused-ring (bicyclic) bond motifs is 1. The van der Waals surface area contributed by atoms with E-state index in [1.165, 1.54) is 22.9 Å². The zero-order valence-corrected chi connectivity index (χ0v) is 17.4. The van der Waals surface area contributed by atoms with Crippen LogP contribution in [0.2, 0.25) is 0 Å². The van der Waals surface area contributed by atoms with Crippen molar-refractivity contribution in [2.75, 3.05) is 20.8 Å². The Hall–Kier alpha value is -3.65. The second-order valence-electron chi connectivity index (χ2n) is 7.38. The van der Waals surface area contributed by atoms with Gasteiger partial charge in [-0.3, -0.25) is 24.4 Å². The number of nitro groups is 1. The van der Waals surface area contributed by atoms with E-state index in [9.17, 15) is 14.9 Å². The van der Waals surface area contributed by atoms with Crippen LogP contribution < -0.4 is 15.0 Å². The van der Waals surface area contributed by atoms with Crippen molar-refractivity contribution in [3.63, 3.8) is 0 Å². The number of aromatic nitrogens is 1. The van der Waals surface area contributed by atoms with Crippen LogP contribution in [0.1, 0.15) is 22.7 Å². The minimum Gasteiger partial charge on any atom is -0.493 e. The molecule has 1 aliphatic heterocycles. The summed E-state index contributed by atoms with van der Waals surface area (Å²) in [6.07, 6.45) is 2.05. The Kier molecular flexibility index (Phi) is 5.73. The summed E-state index contributed by atoms with van der Waals surface area (Å²) in [5.41, 5.74) is 2.88. The molecule has 0 fully saturated rings. The number of hydrogen-bond donors (Lipinski definition) is 0. The highest BCUT2D eigenvalue weighted by Gasteiger charge is 2.30. The van der Waals surface area contributed by atoms with Gasteiger partial charge in [0.1, 0.15) is 0 Å². The van der Waals surface area contributed by atoms with Crippen molar-refractivity contribution in [1.82, 2.24) is 9.47 Å². The van der Waals surface area contributed by atoms with Crippen LogP contribution in [0.15, 0.2) is 65.6 Å². The summed E-state index contributed by atoms with van der Waals surface area (Å²) in [6.45, 7) is 0.908. The zero-order valence-electron chi connectivity index (χ0n) is 17.4. The summed E-state index contributed by atoms with van der Waals surface area (Å²) in [5.74, 6) is 1.31. The maximum atomic E-state index is 12.4. The monoisotopic (exact) mass is 421 g/mol. The molecule has 1 aliphatic rings. The van der Waals surface area contributed by atoms with Crippen molar-refractivity contribution in [3.8, 4) is 11.5 Å². The number of rotatable bonds is 6. The topological polar surface area (TPSA) is 86.8 Å². The molecular formula is C23H23N3O5. The molecule has 2 aromatic carbocycles. The van der Waals surface area contributed by atoms with Crippen LogP contribution in [0.4, 0.5) is 5.69 Å². The van der Waals surface area contributed by atoms with E-state index in [1.54, 1.807) is 14.2 Å². The van der Waals surface area contributed by atoms with E-state index in [0.717, 1.165) is 23.1 Å². The Morgan fingerprint density at radius 3 is 2.45 bits per heavy atom. The van der Waals surface area contributed by atoms with Gasteiger partial charge in [-0.05, 0) is 35.2 Å². The van der Waals surface area contributed by atoms with Crippen LogP contribution in [0.3, 0.4) is 0 Å². The molecule has 0 N–H and O–H groups in total. The standard InChI is InChI=1S/C23H23N3O5/c1-30-20-12-17-10-11-24(15-25-14-18(26(28)29)8-9-22(25)27)23(16-6-4-3-5-7-16)19(17)13-21(20)31-2/h3-9,12-14,23H,10-11,15H2,1-2H3/t23-/m1/s1. The Labute approximate surface area is 179 Å². The van der Waals surface area contributed by atoms with E-state index < -0.39 is 4.92 Å². The van der Waals surface area contributed by atoms with E-state index >= 15 is 0 Å². The molecule has 3 aromatic rings. The van der Waals surface area contributed by atoms with Gasteiger partial charge in [0.25, 0.3) is 11.2 Å². The van der Waals surface area contributed by atoms with Gasteiger partial charge in [-0.25, -0.2) is 0 Å². The van der Waals surface area contributed by atoms with Gasteiger partial charge in [-0.1, -0.05) is 30.3 Å². The van der Waals surface area contributed by atoms with Gasteiger partial charge in [0, 0.05) is 18.7 Å². The van der Waals surface area contributed by atoms with Crippen molar-refractivity contribution < 1.29 is 14.4 Å². The van der Waals surface area contributed by atoms with Gasteiger partial charge in [0.2, 0.25) is 0 Å². The number of nitrogens with zero attached hydrogens (tertiary/aromatic N) is 3. The summed E-state index contributed by atoms with van der Waals surface area (Å²) in [6, 6.07) is 16.3. The fourth-order valence-electron chi connectivity index (χ4n) is 4.11. The van der Waals surface area contributed by atoms with Gasteiger partial charge in [0.15, 0.2) is 11.5 Å². The minimum atomic E-state index is -0.493. The van der Waals surface area contributed by atoms with Crippen LogP contribution >= 0.6 is 0 Å². The molecule has 8 heteroatoms. The molecule has 1 aromatic heterocycles. The predicted octanol–water partition coefficient (Wildman–Crippen LogP) is 3.38. The first-order valence-electron chi connectivity index (χ1n) is 9.90. The van der Waals surface area contributed by atoms with Crippen molar-refractivity contribution in [3.05, 3.63) is 98.0 Å². The lowest BCUT2D eigenvalue weighted by Crippen LogP contribution is -2.39. The highest BCUT2D eigenvalue weighted by molar-refractivity contribution is 5.51. The summed E-state index contributed by atoms with van der Waals surface area (Å²) < 4.78 is 12.4. The summed E-state index contributed by atoms with van der Waals surface area (Å²) >= 11 is 0. The number of pyridine rings is 1. The molecule has 31 heavy (non-hydrogen) atoms. The van der Waals surface area contributed by atoms with E-state index in [1.807, 2.05) is 42.5 Å². The molecule has 2 heterocycles. The molecule has 0 bridgehead atoms. The van der Waals surface area contributed by atoms with Crippen LogP contribution in [0.5, 0.6) is 11.5 Å². The number of methoxy groups -OCH3 is 2. The molecule has 0 unspecified atom stereocenters. The van der Waals surface area contributed by atoms with Crippen LogP contribution in [-0.2, 0) is 13.1 Å². The molecule has 0 aliphatic carbocycles. The first-order valence-corrected chi connectivity index (χ1v) is 9.90. The molecule has 1 atom stereocenters. The van der Waals surface area contributed by atoms with Gasteiger partial charge in [0.05, 0.1) is 38.1 Å². The van der Waals surface area contributed by atoms with Gasteiger partial charge in [-0.2, -0.15) is 0 Å². The fraction of sp³-hybridized carbons (Fsp3) is 0.261. The Bertz CT molecular complexity index is 1160. The number of hydrogen-bond acceptors (Lipinski definition) is 6. The maximum absolute atomic E-state index is 12.4. The summed E-state index contributed by atoms with van der Waals surface area (Å²) in [5, 5.41) is 11.2. The normalized spacial score (nSPS) is 15.9. The molecular weight excluding hydrogens is 398 g/mol. The van der Waals surface area contributed by atoms with Gasteiger partial charge >= 0.3 is 0 Å². The predicted molar refractivity (Wildman–Crippen MR) is 116 cm³/mol. The SMILES string of the molecule is COc1cc2c(cc1OC)[C@@H](c1ccccc1)N(Cn1cc([N+](=O)[O-])ccc1=O)CC2. The molecule has 4 rings (SSSR count). The Balaban J connectivity index is 1.80. The third kappa shape index (κ3) is 4.02. The lowest BCUT2D eigenvalue weighted by molar-refractivity contribution is -0.385. The highest BCUT2D eigenvalue weighted by Crippen LogP contribution is 2.41. The molecule has 160 valence electrons. The van der Waals surface area contributed by atoms with E-state index in [0.29, 0.717) is 18.0 Å². The third-order valence-electron chi connectivity index (χ3n) is 5.60. The Morgan fingerprint density at radius 2 is 1.77 bits per heavy atom. The maximum Gasteiger partial charge on any atom is 0.285 e. The molecule has 0 saturated heterocycles. The van der Waals surface area contributed by atoms with Crippen LogP contribution in [0, 0.1) is 10.1 Å². The van der Waals surface area contributed by atoms with Crippen molar-refractivity contribution >= 4 is 5.69 Å². The second-order valence-corrected chi connectivity index (χ2v) is 7.38. The minimum absolute atomic E-state index is 0.111.